The van der Waals surface area contributed by atoms with Gasteiger partial charge in [-0.15, -0.1) is 0 Å². The number of nitrogens with one attached hydrogen (secondary N) is 1. The quantitative estimate of drug-likeness (QED) is 0.460. The van der Waals surface area contributed by atoms with E-state index < -0.39 is 0 Å². The Morgan fingerprint density at radius 2 is 1.89 bits per heavy atom. The van der Waals surface area contributed by atoms with Gasteiger partial charge in [0.05, 0.1) is 6.10 Å². The zero-order chi connectivity index (χ0) is 20.5. The van der Waals surface area contributed by atoms with Crippen molar-refractivity contribution >= 4 is 0 Å². The summed E-state index contributed by atoms with van der Waals surface area (Å²) in [6.07, 6.45) is 7.47. The van der Waals surface area contributed by atoms with Gasteiger partial charge in [0, 0.05) is 19.7 Å². The Morgan fingerprint density at radius 3 is 2.57 bits per heavy atom. The molecule has 0 aliphatic heterocycles. The first-order valence-electron chi connectivity index (χ1n) is 11.5. The standard InChI is InChI=1S/C24H44N2O2/c1-17-6-7-21-20(16-27)22(9-11-23(17,21)2)24(3)10-8-19(28)14-18(24)15-25-12-13-26(4)5/h18-22,25,27-28H,1,6-16H2,2-5H3. The van der Waals surface area contributed by atoms with E-state index in [0.717, 1.165) is 45.3 Å². The number of aliphatic hydroxyl groups excluding tert-OH is 2. The third kappa shape index (κ3) is 4.08. The molecule has 7 atom stereocenters. The number of fused-ring (bicyclic) bond motifs is 1. The lowest BCUT2D eigenvalue weighted by Crippen LogP contribution is -2.53. The van der Waals surface area contributed by atoms with Crippen LogP contribution in [0.1, 0.15) is 58.8 Å². The van der Waals surface area contributed by atoms with Gasteiger partial charge in [0.25, 0.3) is 0 Å². The van der Waals surface area contributed by atoms with E-state index in [1.54, 1.807) is 0 Å². The summed E-state index contributed by atoms with van der Waals surface area (Å²) in [5, 5.41) is 24.5. The van der Waals surface area contributed by atoms with Crippen LogP contribution in [0.2, 0.25) is 0 Å². The first kappa shape index (κ1) is 22.3. The molecule has 0 aromatic heterocycles. The van der Waals surface area contributed by atoms with Crippen LogP contribution < -0.4 is 5.32 Å². The fraction of sp³-hybridized carbons (Fsp3) is 0.917. The maximum atomic E-state index is 10.5. The smallest absolute Gasteiger partial charge is 0.0543 e. The summed E-state index contributed by atoms with van der Waals surface area (Å²) < 4.78 is 0. The molecule has 0 spiro atoms. The molecular formula is C24H44N2O2. The van der Waals surface area contributed by atoms with Crippen molar-refractivity contribution in [2.75, 3.05) is 40.3 Å². The van der Waals surface area contributed by atoms with Crippen molar-refractivity contribution in [2.24, 2.45) is 34.5 Å². The SMILES string of the molecule is C=C1CCC2C(CO)C(C3(C)CCC(O)CC3CNCCN(C)C)CCC12C. The Hall–Kier alpha value is -0.420. The van der Waals surface area contributed by atoms with Crippen molar-refractivity contribution in [3.05, 3.63) is 12.2 Å². The molecular weight excluding hydrogens is 348 g/mol. The molecule has 0 radical (unpaired) electrons. The van der Waals surface area contributed by atoms with Crippen molar-refractivity contribution < 1.29 is 10.2 Å². The van der Waals surface area contributed by atoms with Crippen LogP contribution >= 0.6 is 0 Å². The molecule has 3 aliphatic rings. The Bertz CT molecular complexity index is 551. The van der Waals surface area contributed by atoms with Crippen LogP contribution in [0.4, 0.5) is 0 Å². The van der Waals surface area contributed by atoms with E-state index in [1.807, 2.05) is 0 Å². The fourth-order valence-electron chi connectivity index (χ4n) is 7.05. The number of allylic oxidation sites excluding steroid dienone is 1. The van der Waals surface area contributed by atoms with Crippen LogP contribution in [0.5, 0.6) is 0 Å². The highest BCUT2D eigenvalue weighted by Crippen LogP contribution is 2.63. The van der Waals surface area contributed by atoms with E-state index in [2.05, 4.69) is 44.7 Å². The minimum atomic E-state index is -0.165. The van der Waals surface area contributed by atoms with E-state index in [-0.39, 0.29) is 16.9 Å². The lowest BCUT2D eigenvalue weighted by molar-refractivity contribution is -0.0929. The predicted molar refractivity (Wildman–Crippen MR) is 116 cm³/mol. The Morgan fingerprint density at radius 1 is 1.14 bits per heavy atom. The molecule has 0 bridgehead atoms. The second-order valence-electron chi connectivity index (χ2n) is 10.8. The number of nitrogens with zero attached hydrogens (tertiary/aromatic N) is 1. The molecule has 4 nitrogen and oxygen atoms in total. The maximum absolute atomic E-state index is 10.5. The summed E-state index contributed by atoms with van der Waals surface area (Å²) in [6.45, 7) is 12.6. The first-order valence-corrected chi connectivity index (χ1v) is 11.5. The predicted octanol–water partition coefficient (Wildman–Crippen LogP) is 3.30. The number of rotatable bonds is 7. The molecule has 7 unspecified atom stereocenters. The average Bonchev–Trinajstić information content (AvgIpc) is 2.95. The molecule has 3 aliphatic carbocycles. The summed E-state index contributed by atoms with van der Waals surface area (Å²) in [6, 6.07) is 0. The molecule has 3 fully saturated rings. The van der Waals surface area contributed by atoms with Gasteiger partial charge in [-0.2, -0.15) is 0 Å². The summed E-state index contributed by atoms with van der Waals surface area (Å²) in [5.41, 5.74) is 1.84. The van der Waals surface area contributed by atoms with Crippen molar-refractivity contribution in [1.82, 2.24) is 10.2 Å². The second kappa shape index (κ2) is 8.75. The van der Waals surface area contributed by atoms with E-state index >= 15 is 0 Å². The topological polar surface area (TPSA) is 55.7 Å². The van der Waals surface area contributed by atoms with Crippen LogP contribution in [0, 0.1) is 34.5 Å². The average molecular weight is 393 g/mol. The lowest BCUT2D eigenvalue weighted by atomic mass is 9.49. The molecule has 3 saturated carbocycles. The van der Waals surface area contributed by atoms with E-state index in [1.165, 1.54) is 24.8 Å². The van der Waals surface area contributed by atoms with Crippen molar-refractivity contribution in [3.8, 4) is 0 Å². The van der Waals surface area contributed by atoms with Gasteiger partial charge in [-0.05, 0) is 100 Å². The van der Waals surface area contributed by atoms with Crippen LogP contribution in [0.3, 0.4) is 0 Å². The number of hydrogen-bond acceptors (Lipinski definition) is 4. The minimum absolute atomic E-state index is 0.165. The molecule has 0 amide bonds. The molecule has 28 heavy (non-hydrogen) atoms. The van der Waals surface area contributed by atoms with E-state index in [9.17, 15) is 10.2 Å². The van der Waals surface area contributed by atoms with Gasteiger partial charge in [0.1, 0.15) is 0 Å². The number of likely N-dealkylation sites (N-methyl/N-ethyl adjacent to an activating group) is 1. The van der Waals surface area contributed by atoms with Crippen LogP contribution in [0.25, 0.3) is 0 Å². The molecule has 3 N–H and O–H groups in total. The first-order chi connectivity index (χ1) is 13.2. The Kier molecular flexibility index (Phi) is 6.96. The van der Waals surface area contributed by atoms with E-state index in [4.69, 9.17) is 0 Å². The monoisotopic (exact) mass is 392 g/mol. The highest BCUT2D eigenvalue weighted by atomic mass is 16.3. The van der Waals surface area contributed by atoms with Crippen molar-refractivity contribution in [2.45, 2.75) is 64.9 Å². The molecule has 0 saturated heterocycles. The molecule has 162 valence electrons. The van der Waals surface area contributed by atoms with E-state index in [0.29, 0.717) is 30.3 Å². The third-order valence-corrected chi connectivity index (χ3v) is 9.08. The summed E-state index contributed by atoms with van der Waals surface area (Å²) in [4.78, 5) is 2.21. The van der Waals surface area contributed by atoms with Crippen LogP contribution in [-0.2, 0) is 0 Å². The van der Waals surface area contributed by atoms with Gasteiger partial charge >= 0.3 is 0 Å². The molecule has 0 aromatic carbocycles. The largest absolute Gasteiger partial charge is 0.396 e. The highest BCUT2D eigenvalue weighted by Gasteiger charge is 2.56. The lowest BCUT2D eigenvalue weighted by Gasteiger charge is -2.56. The summed E-state index contributed by atoms with van der Waals surface area (Å²) in [7, 11) is 4.22. The Labute approximate surface area is 172 Å². The van der Waals surface area contributed by atoms with Crippen molar-refractivity contribution in [3.63, 3.8) is 0 Å². The summed E-state index contributed by atoms with van der Waals surface area (Å²) >= 11 is 0. The zero-order valence-corrected chi connectivity index (χ0v) is 18.7. The van der Waals surface area contributed by atoms with Gasteiger partial charge < -0.3 is 20.4 Å². The van der Waals surface area contributed by atoms with Gasteiger partial charge in [0.2, 0.25) is 0 Å². The van der Waals surface area contributed by atoms with Gasteiger partial charge in [-0.3, -0.25) is 0 Å². The summed E-state index contributed by atoms with van der Waals surface area (Å²) in [5.74, 6) is 1.98. The van der Waals surface area contributed by atoms with Gasteiger partial charge in [-0.25, -0.2) is 0 Å². The fourth-order valence-corrected chi connectivity index (χ4v) is 7.05. The van der Waals surface area contributed by atoms with Crippen molar-refractivity contribution in [1.29, 1.82) is 0 Å². The minimum Gasteiger partial charge on any atom is -0.396 e. The maximum Gasteiger partial charge on any atom is 0.0543 e. The highest BCUT2D eigenvalue weighted by molar-refractivity contribution is 5.20. The van der Waals surface area contributed by atoms with Crippen LogP contribution in [-0.4, -0.2) is 61.6 Å². The molecule has 0 aromatic rings. The second-order valence-corrected chi connectivity index (χ2v) is 10.8. The number of hydrogen-bond donors (Lipinski definition) is 3. The Balaban J connectivity index is 1.76. The molecule has 3 rings (SSSR count). The van der Waals surface area contributed by atoms with Gasteiger partial charge in [-0.1, -0.05) is 26.0 Å². The normalized spacial score (nSPS) is 44.1. The third-order valence-electron chi connectivity index (χ3n) is 9.08. The van der Waals surface area contributed by atoms with Gasteiger partial charge in [0.15, 0.2) is 0 Å². The molecule has 4 heteroatoms. The van der Waals surface area contributed by atoms with Crippen LogP contribution in [0.15, 0.2) is 12.2 Å². The number of aliphatic hydroxyl groups is 2. The molecule has 0 heterocycles. The zero-order valence-electron chi connectivity index (χ0n) is 18.7.